The van der Waals surface area contributed by atoms with Crippen LogP contribution in [0.1, 0.15) is 29.0 Å². The van der Waals surface area contributed by atoms with E-state index in [0.29, 0.717) is 23.6 Å². The third-order valence-electron chi connectivity index (χ3n) is 4.33. The van der Waals surface area contributed by atoms with Crippen molar-refractivity contribution in [1.82, 2.24) is 10.2 Å². The Bertz CT molecular complexity index is 922. The first-order chi connectivity index (χ1) is 12.2. The number of carbonyl (C=O) groups is 1. The van der Waals surface area contributed by atoms with E-state index in [1.54, 1.807) is 24.4 Å². The summed E-state index contributed by atoms with van der Waals surface area (Å²) in [4.78, 5) is 12.0. The van der Waals surface area contributed by atoms with Crippen molar-refractivity contribution >= 4 is 11.7 Å². The third kappa shape index (κ3) is 2.98. The largest absolute Gasteiger partial charge is 0.488 e. The highest BCUT2D eigenvalue weighted by Crippen LogP contribution is 2.39. The predicted molar refractivity (Wildman–Crippen MR) is 90.9 cm³/mol. The number of anilines is 1. The van der Waals surface area contributed by atoms with Crippen molar-refractivity contribution in [2.24, 2.45) is 0 Å². The summed E-state index contributed by atoms with van der Waals surface area (Å²) >= 11 is 0. The van der Waals surface area contributed by atoms with E-state index in [2.05, 4.69) is 15.5 Å². The molecule has 3 aromatic rings. The lowest BCUT2D eigenvalue weighted by Gasteiger charge is -2.24. The summed E-state index contributed by atoms with van der Waals surface area (Å²) in [6.45, 7) is 0.126. The van der Waals surface area contributed by atoms with Crippen LogP contribution in [0.15, 0.2) is 54.7 Å². The molecule has 0 spiro atoms. The van der Waals surface area contributed by atoms with E-state index in [-0.39, 0.29) is 24.2 Å². The Morgan fingerprint density at radius 1 is 1.12 bits per heavy atom. The van der Waals surface area contributed by atoms with Crippen LogP contribution >= 0.6 is 0 Å². The predicted octanol–water partition coefficient (Wildman–Crippen LogP) is 3.60. The highest BCUT2D eigenvalue weighted by atomic mass is 19.1. The molecule has 4 rings (SSSR count). The number of rotatable bonds is 4. The minimum atomic E-state index is -0.297. The lowest BCUT2D eigenvalue weighted by atomic mass is 9.87. The molecule has 0 aliphatic carbocycles. The molecular weight excluding hydrogens is 321 g/mol. The van der Waals surface area contributed by atoms with Gasteiger partial charge < -0.3 is 10.1 Å². The van der Waals surface area contributed by atoms with Crippen LogP contribution in [0.5, 0.6) is 5.75 Å². The number of nitrogens with zero attached hydrogens (tertiary/aromatic N) is 1. The molecule has 0 bridgehead atoms. The Morgan fingerprint density at radius 2 is 1.92 bits per heavy atom. The normalized spacial score (nSPS) is 16.2. The summed E-state index contributed by atoms with van der Waals surface area (Å²) in [6, 6.07) is 14.1. The van der Waals surface area contributed by atoms with Gasteiger partial charge in [0.2, 0.25) is 5.91 Å². The van der Waals surface area contributed by atoms with Gasteiger partial charge in [0.25, 0.3) is 0 Å². The van der Waals surface area contributed by atoms with Crippen LogP contribution in [0.3, 0.4) is 0 Å². The highest BCUT2D eigenvalue weighted by molar-refractivity contribution is 5.94. The number of aromatic nitrogens is 2. The van der Waals surface area contributed by atoms with Crippen molar-refractivity contribution in [1.29, 1.82) is 0 Å². The van der Waals surface area contributed by atoms with Crippen LogP contribution < -0.4 is 10.1 Å². The fraction of sp³-hybridized carbons (Fsp3) is 0.158. The average Bonchev–Trinajstić information content (AvgIpc) is 3.09. The number of fused-ring (bicyclic) bond motifs is 1. The molecule has 0 radical (unpaired) electrons. The number of amides is 1. The van der Waals surface area contributed by atoms with Gasteiger partial charge in [-0.1, -0.05) is 36.4 Å². The van der Waals surface area contributed by atoms with E-state index >= 15 is 0 Å². The second-order valence-electron chi connectivity index (χ2n) is 5.92. The molecule has 0 unspecified atom stereocenters. The van der Waals surface area contributed by atoms with E-state index in [0.717, 1.165) is 11.1 Å². The summed E-state index contributed by atoms with van der Waals surface area (Å²) in [7, 11) is 0. The number of nitrogens with one attached hydrogen (secondary N) is 2. The smallest absolute Gasteiger partial charge is 0.226 e. The summed E-state index contributed by atoms with van der Waals surface area (Å²) in [5.74, 6) is 0.724. The molecule has 1 aliphatic rings. The molecule has 2 heterocycles. The van der Waals surface area contributed by atoms with Gasteiger partial charge in [0.1, 0.15) is 24.0 Å². The van der Waals surface area contributed by atoms with Gasteiger partial charge in [0, 0.05) is 29.0 Å². The maximum absolute atomic E-state index is 13.8. The number of hydrogen-bond donors (Lipinski definition) is 2. The Balaban J connectivity index is 1.64. The van der Waals surface area contributed by atoms with Crippen molar-refractivity contribution in [3.8, 4) is 5.75 Å². The Labute approximate surface area is 143 Å². The molecule has 25 heavy (non-hydrogen) atoms. The Kier molecular flexibility index (Phi) is 3.93. The summed E-state index contributed by atoms with van der Waals surface area (Å²) in [5, 5.41) is 9.60. The van der Waals surface area contributed by atoms with E-state index in [9.17, 15) is 9.18 Å². The maximum atomic E-state index is 13.8. The van der Waals surface area contributed by atoms with Gasteiger partial charge in [0.15, 0.2) is 0 Å². The van der Waals surface area contributed by atoms with Crippen molar-refractivity contribution in [3.05, 3.63) is 77.2 Å². The number of para-hydroxylation sites is 1. The van der Waals surface area contributed by atoms with Crippen LogP contribution in [0.2, 0.25) is 0 Å². The molecule has 1 atom stereocenters. The first kappa shape index (κ1) is 15.4. The zero-order valence-electron chi connectivity index (χ0n) is 13.3. The number of hydrogen-bond acceptors (Lipinski definition) is 3. The number of H-pyrrole nitrogens is 1. The number of aromatic amines is 1. The van der Waals surface area contributed by atoms with Gasteiger partial charge >= 0.3 is 0 Å². The van der Waals surface area contributed by atoms with Gasteiger partial charge in [-0.3, -0.25) is 9.89 Å². The Hall–Kier alpha value is -3.15. The second kappa shape index (κ2) is 6.39. The standard InChI is InChI=1S/C19H16FN3O2/c20-16-7-3-1-5-12(16)11-25-17-8-4-2-6-13(17)14-9-18(24)22-19-15(14)10-21-23-19/h1-8,10,14H,9,11H2,(H2,21,22,23,24)/t14-/m1/s1. The van der Waals surface area contributed by atoms with Crippen LogP contribution in [-0.2, 0) is 11.4 Å². The fourth-order valence-electron chi connectivity index (χ4n) is 3.09. The molecule has 2 N–H and O–H groups in total. The van der Waals surface area contributed by atoms with E-state index in [1.165, 1.54) is 6.07 Å². The first-order valence-electron chi connectivity index (χ1n) is 8.00. The van der Waals surface area contributed by atoms with Crippen molar-refractivity contribution in [2.75, 3.05) is 5.32 Å². The topological polar surface area (TPSA) is 67.0 Å². The van der Waals surface area contributed by atoms with Crippen molar-refractivity contribution in [3.63, 3.8) is 0 Å². The minimum Gasteiger partial charge on any atom is -0.488 e. The minimum absolute atomic E-state index is 0.0781. The summed E-state index contributed by atoms with van der Waals surface area (Å²) < 4.78 is 19.7. The maximum Gasteiger partial charge on any atom is 0.226 e. The molecular formula is C19H16FN3O2. The third-order valence-corrected chi connectivity index (χ3v) is 4.33. The zero-order chi connectivity index (χ0) is 17.2. The zero-order valence-corrected chi connectivity index (χ0v) is 13.3. The monoisotopic (exact) mass is 337 g/mol. The fourth-order valence-corrected chi connectivity index (χ4v) is 3.09. The van der Waals surface area contributed by atoms with Gasteiger partial charge in [-0.05, 0) is 12.1 Å². The average molecular weight is 337 g/mol. The molecule has 5 nitrogen and oxygen atoms in total. The number of benzene rings is 2. The molecule has 1 aliphatic heterocycles. The highest BCUT2D eigenvalue weighted by Gasteiger charge is 2.30. The number of ether oxygens (including phenoxy) is 1. The molecule has 2 aromatic carbocycles. The summed E-state index contributed by atoms with van der Waals surface area (Å²) in [5.41, 5.74) is 2.29. The van der Waals surface area contributed by atoms with Crippen LogP contribution in [-0.4, -0.2) is 16.1 Å². The second-order valence-corrected chi connectivity index (χ2v) is 5.92. The molecule has 0 saturated heterocycles. The van der Waals surface area contributed by atoms with Crippen LogP contribution in [0, 0.1) is 5.82 Å². The van der Waals surface area contributed by atoms with Gasteiger partial charge in [-0.25, -0.2) is 4.39 Å². The SMILES string of the molecule is O=C1C[C@H](c2ccccc2OCc2ccccc2F)c2cn[nH]c2N1. The van der Waals surface area contributed by atoms with Gasteiger partial charge in [-0.2, -0.15) is 5.10 Å². The van der Waals surface area contributed by atoms with Gasteiger partial charge in [-0.15, -0.1) is 0 Å². The quantitative estimate of drug-likeness (QED) is 0.764. The van der Waals surface area contributed by atoms with E-state index < -0.39 is 0 Å². The summed E-state index contributed by atoms with van der Waals surface area (Å²) in [6.07, 6.45) is 2.03. The first-order valence-corrected chi connectivity index (χ1v) is 8.00. The van der Waals surface area contributed by atoms with Crippen molar-refractivity contribution < 1.29 is 13.9 Å². The van der Waals surface area contributed by atoms with E-state index in [1.807, 2.05) is 24.3 Å². The molecule has 0 saturated carbocycles. The van der Waals surface area contributed by atoms with Crippen LogP contribution in [0.25, 0.3) is 0 Å². The van der Waals surface area contributed by atoms with Crippen LogP contribution in [0.4, 0.5) is 10.2 Å². The molecule has 1 amide bonds. The van der Waals surface area contributed by atoms with Crippen molar-refractivity contribution in [2.45, 2.75) is 18.9 Å². The number of halogens is 1. The molecule has 0 fully saturated rings. The lowest BCUT2D eigenvalue weighted by molar-refractivity contribution is -0.116. The molecule has 1 aromatic heterocycles. The molecule has 126 valence electrons. The molecule has 6 heteroatoms. The lowest BCUT2D eigenvalue weighted by Crippen LogP contribution is -2.23. The Morgan fingerprint density at radius 3 is 2.80 bits per heavy atom. The van der Waals surface area contributed by atoms with Gasteiger partial charge in [0.05, 0.1) is 6.20 Å². The number of carbonyl (C=O) groups excluding carboxylic acids is 1. The van der Waals surface area contributed by atoms with E-state index in [4.69, 9.17) is 4.74 Å².